The highest BCUT2D eigenvalue weighted by Crippen LogP contribution is 2.29. The van der Waals surface area contributed by atoms with Crippen LogP contribution in [-0.2, 0) is 0 Å². The zero-order valence-electron chi connectivity index (χ0n) is 9.93. The molecule has 0 saturated heterocycles. The second-order valence-electron chi connectivity index (χ2n) is 3.80. The summed E-state index contributed by atoms with van der Waals surface area (Å²) in [4.78, 5) is 11.1. The highest BCUT2D eigenvalue weighted by atomic mass is 35.5. The van der Waals surface area contributed by atoms with Crippen molar-refractivity contribution in [3.05, 3.63) is 58.4 Å². The standard InChI is InChI=1S/C14H7ClFNO3/c15-9-2-4-12(10(6-9)14(18)19)20-13-3-1-8(7-17)5-11(13)16/h1-6H,(H,18,19). The van der Waals surface area contributed by atoms with Crippen LogP contribution in [0.15, 0.2) is 36.4 Å². The molecule has 0 bridgehead atoms. The number of nitriles is 1. The van der Waals surface area contributed by atoms with E-state index in [1.54, 1.807) is 6.07 Å². The molecule has 2 rings (SSSR count). The van der Waals surface area contributed by atoms with Gasteiger partial charge in [-0.3, -0.25) is 0 Å². The summed E-state index contributed by atoms with van der Waals surface area (Å²) in [6, 6.07) is 9.40. The van der Waals surface area contributed by atoms with Crippen LogP contribution in [0.1, 0.15) is 15.9 Å². The van der Waals surface area contributed by atoms with Gasteiger partial charge in [-0.2, -0.15) is 5.26 Å². The Labute approximate surface area is 118 Å². The largest absolute Gasteiger partial charge is 0.478 e. The first kappa shape index (κ1) is 13.8. The molecule has 0 saturated carbocycles. The Morgan fingerprint density at radius 3 is 2.55 bits per heavy atom. The van der Waals surface area contributed by atoms with E-state index in [4.69, 9.17) is 26.7 Å². The molecular formula is C14H7ClFNO3. The lowest BCUT2D eigenvalue weighted by atomic mass is 10.2. The van der Waals surface area contributed by atoms with Crippen LogP contribution < -0.4 is 4.74 Å². The molecule has 0 aliphatic carbocycles. The first-order chi connectivity index (χ1) is 9.51. The third kappa shape index (κ3) is 2.87. The van der Waals surface area contributed by atoms with Crippen LogP contribution in [0, 0.1) is 17.1 Å². The normalized spacial score (nSPS) is 9.85. The molecule has 2 aromatic rings. The molecule has 0 fully saturated rings. The SMILES string of the molecule is N#Cc1ccc(Oc2ccc(Cl)cc2C(=O)O)c(F)c1. The minimum atomic E-state index is -1.24. The second kappa shape index (κ2) is 5.59. The summed E-state index contributed by atoms with van der Waals surface area (Å²) >= 11 is 5.71. The number of aromatic carboxylic acids is 1. The Morgan fingerprint density at radius 2 is 1.95 bits per heavy atom. The fourth-order valence-corrected chi connectivity index (χ4v) is 1.70. The summed E-state index contributed by atoms with van der Waals surface area (Å²) in [6.07, 6.45) is 0. The van der Waals surface area contributed by atoms with E-state index in [2.05, 4.69) is 0 Å². The fraction of sp³-hybridized carbons (Fsp3) is 0. The van der Waals surface area contributed by atoms with Crippen molar-refractivity contribution in [2.24, 2.45) is 0 Å². The summed E-state index contributed by atoms with van der Waals surface area (Å²) in [7, 11) is 0. The van der Waals surface area contributed by atoms with E-state index in [9.17, 15) is 9.18 Å². The average Bonchev–Trinajstić information content (AvgIpc) is 2.42. The van der Waals surface area contributed by atoms with Crippen LogP contribution in [0.4, 0.5) is 4.39 Å². The molecule has 0 aromatic heterocycles. The number of rotatable bonds is 3. The number of carboxylic acids is 1. The van der Waals surface area contributed by atoms with Gasteiger partial charge in [-0.15, -0.1) is 0 Å². The number of hydrogen-bond donors (Lipinski definition) is 1. The van der Waals surface area contributed by atoms with Crippen LogP contribution in [0.2, 0.25) is 5.02 Å². The van der Waals surface area contributed by atoms with Crippen molar-refractivity contribution < 1.29 is 19.0 Å². The number of benzene rings is 2. The number of carboxylic acid groups (broad SMARTS) is 1. The van der Waals surface area contributed by atoms with Gasteiger partial charge in [0, 0.05) is 5.02 Å². The van der Waals surface area contributed by atoms with Crippen molar-refractivity contribution in [2.75, 3.05) is 0 Å². The maximum absolute atomic E-state index is 13.7. The summed E-state index contributed by atoms with van der Waals surface area (Å²) in [6.45, 7) is 0. The second-order valence-corrected chi connectivity index (χ2v) is 4.24. The molecule has 1 N–H and O–H groups in total. The minimum absolute atomic E-state index is 0.0366. The molecular weight excluding hydrogens is 285 g/mol. The lowest BCUT2D eigenvalue weighted by molar-refractivity contribution is 0.0694. The third-order valence-electron chi connectivity index (χ3n) is 2.45. The maximum atomic E-state index is 13.7. The summed E-state index contributed by atoms with van der Waals surface area (Å²) < 4.78 is 18.9. The number of carbonyl (C=O) groups is 1. The van der Waals surface area contributed by atoms with Crippen molar-refractivity contribution >= 4 is 17.6 Å². The third-order valence-corrected chi connectivity index (χ3v) is 2.69. The number of hydrogen-bond acceptors (Lipinski definition) is 3. The Morgan fingerprint density at radius 1 is 1.25 bits per heavy atom. The molecule has 0 heterocycles. The Bertz CT molecular complexity index is 725. The average molecular weight is 292 g/mol. The van der Waals surface area contributed by atoms with Crippen molar-refractivity contribution in [1.82, 2.24) is 0 Å². The van der Waals surface area contributed by atoms with Crippen molar-refractivity contribution in [1.29, 1.82) is 5.26 Å². The van der Waals surface area contributed by atoms with Gasteiger partial charge in [0.25, 0.3) is 0 Å². The van der Waals surface area contributed by atoms with E-state index in [1.165, 1.54) is 30.3 Å². The number of ether oxygens (including phenoxy) is 1. The van der Waals surface area contributed by atoms with Gasteiger partial charge in [0.2, 0.25) is 0 Å². The smallest absolute Gasteiger partial charge is 0.339 e. The number of halogens is 2. The summed E-state index contributed by atoms with van der Waals surface area (Å²) in [5.41, 5.74) is -0.0364. The molecule has 0 radical (unpaired) electrons. The Kier molecular flexibility index (Phi) is 3.87. The van der Waals surface area contributed by atoms with E-state index < -0.39 is 11.8 Å². The summed E-state index contributed by atoms with van der Waals surface area (Å²) in [5, 5.41) is 17.9. The maximum Gasteiger partial charge on any atom is 0.339 e. The van der Waals surface area contributed by atoms with Gasteiger partial charge >= 0.3 is 5.97 Å². The van der Waals surface area contributed by atoms with Gasteiger partial charge in [-0.25, -0.2) is 9.18 Å². The molecule has 0 aliphatic rings. The molecule has 0 atom stereocenters. The minimum Gasteiger partial charge on any atom is -0.478 e. The van der Waals surface area contributed by atoms with Crippen LogP contribution >= 0.6 is 11.6 Å². The molecule has 20 heavy (non-hydrogen) atoms. The molecule has 0 unspecified atom stereocenters. The predicted molar refractivity (Wildman–Crippen MR) is 69.6 cm³/mol. The molecule has 4 nitrogen and oxygen atoms in total. The first-order valence-corrected chi connectivity index (χ1v) is 5.79. The zero-order chi connectivity index (χ0) is 14.7. The highest BCUT2D eigenvalue weighted by molar-refractivity contribution is 6.31. The Balaban J connectivity index is 2.40. The molecule has 6 heteroatoms. The zero-order valence-corrected chi connectivity index (χ0v) is 10.7. The lowest BCUT2D eigenvalue weighted by Gasteiger charge is -2.09. The van der Waals surface area contributed by atoms with Crippen LogP contribution in [0.3, 0.4) is 0 Å². The highest BCUT2D eigenvalue weighted by Gasteiger charge is 2.14. The van der Waals surface area contributed by atoms with Crippen LogP contribution in [0.5, 0.6) is 11.5 Å². The van der Waals surface area contributed by atoms with Crippen molar-refractivity contribution in [3.63, 3.8) is 0 Å². The first-order valence-electron chi connectivity index (χ1n) is 5.41. The van der Waals surface area contributed by atoms with Gasteiger partial charge in [0.1, 0.15) is 11.3 Å². The van der Waals surface area contributed by atoms with Gasteiger partial charge in [-0.05, 0) is 36.4 Å². The molecule has 0 spiro atoms. The monoisotopic (exact) mass is 291 g/mol. The van der Waals surface area contributed by atoms with E-state index in [-0.39, 0.29) is 27.6 Å². The van der Waals surface area contributed by atoms with Crippen molar-refractivity contribution in [3.8, 4) is 17.6 Å². The fourth-order valence-electron chi connectivity index (χ4n) is 1.53. The number of nitrogens with zero attached hydrogens (tertiary/aromatic N) is 1. The van der Waals surface area contributed by atoms with Gasteiger partial charge in [-0.1, -0.05) is 11.6 Å². The van der Waals surface area contributed by atoms with Gasteiger partial charge in [0.05, 0.1) is 11.6 Å². The quantitative estimate of drug-likeness (QED) is 0.932. The topological polar surface area (TPSA) is 70.3 Å². The van der Waals surface area contributed by atoms with Crippen LogP contribution in [-0.4, -0.2) is 11.1 Å². The van der Waals surface area contributed by atoms with E-state index >= 15 is 0 Å². The summed E-state index contributed by atoms with van der Waals surface area (Å²) in [5.74, 6) is -2.20. The van der Waals surface area contributed by atoms with Gasteiger partial charge in [0.15, 0.2) is 11.6 Å². The lowest BCUT2D eigenvalue weighted by Crippen LogP contribution is -2.00. The van der Waals surface area contributed by atoms with E-state index in [0.29, 0.717) is 0 Å². The van der Waals surface area contributed by atoms with Crippen molar-refractivity contribution in [2.45, 2.75) is 0 Å². The van der Waals surface area contributed by atoms with E-state index in [0.717, 1.165) is 6.07 Å². The van der Waals surface area contributed by atoms with E-state index in [1.807, 2.05) is 0 Å². The molecule has 0 aliphatic heterocycles. The molecule has 2 aromatic carbocycles. The van der Waals surface area contributed by atoms with Gasteiger partial charge < -0.3 is 9.84 Å². The molecule has 100 valence electrons. The van der Waals surface area contributed by atoms with Crippen LogP contribution in [0.25, 0.3) is 0 Å². The molecule has 0 amide bonds. The predicted octanol–water partition coefficient (Wildman–Crippen LogP) is 3.84. The Hall–Kier alpha value is -2.58.